The van der Waals surface area contributed by atoms with Gasteiger partial charge < -0.3 is 5.32 Å². The van der Waals surface area contributed by atoms with E-state index < -0.39 is 10.0 Å². The van der Waals surface area contributed by atoms with Crippen molar-refractivity contribution in [2.24, 2.45) is 5.14 Å². The predicted octanol–water partition coefficient (Wildman–Crippen LogP) is 3.05. The molecule has 3 aromatic rings. The first-order valence-corrected chi connectivity index (χ1v) is 10.7. The summed E-state index contributed by atoms with van der Waals surface area (Å²) in [5.41, 5.74) is 2.21. The molecule has 8 heteroatoms. The van der Waals surface area contributed by atoms with E-state index in [4.69, 9.17) is 5.14 Å². The van der Waals surface area contributed by atoms with Gasteiger partial charge in [-0.15, -0.1) is 11.3 Å². The molecule has 0 aliphatic heterocycles. The van der Waals surface area contributed by atoms with Crippen molar-refractivity contribution < 1.29 is 13.2 Å². The van der Waals surface area contributed by atoms with Crippen LogP contribution in [0.25, 0.3) is 10.2 Å². The van der Waals surface area contributed by atoms with Crippen molar-refractivity contribution >= 4 is 43.2 Å². The van der Waals surface area contributed by atoms with E-state index in [0.29, 0.717) is 17.7 Å². The third kappa shape index (κ3) is 5.35. The zero-order valence-electron chi connectivity index (χ0n) is 14.0. The van der Waals surface area contributed by atoms with Crippen LogP contribution in [0.5, 0.6) is 0 Å². The number of primary sulfonamides is 1. The molecular weight excluding hydrogens is 370 g/mol. The highest BCUT2D eigenvalue weighted by Crippen LogP contribution is 2.22. The van der Waals surface area contributed by atoms with Gasteiger partial charge in [0.15, 0.2) is 0 Å². The van der Waals surface area contributed by atoms with E-state index in [0.717, 1.165) is 28.1 Å². The molecule has 0 saturated heterocycles. The highest BCUT2D eigenvalue weighted by molar-refractivity contribution is 7.88. The maximum absolute atomic E-state index is 12.0. The molecule has 26 heavy (non-hydrogen) atoms. The molecule has 0 fully saturated rings. The van der Waals surface area contributed by atoms with Gasteiger partial charge in [-0.2, -0.15) is 0 Å². The van der Waals surface area contributed by atoms with Crippen LogP contribution in [-0.4, -0.2) is 19.3 Å². The molecule has 0 saturated carbocycles. The first kappa shape index (κ1) is 18.5. The predicted molar refractivity (Wildman–Crippen MR) is 104 cm³/mol. The number of aryl methyl sites for hydroxylation is 1. The number of sulfonamides is 1. The number of nitrogens with one attached hydrogen (secondary N) is 1. The number of rotatable bonds is 7. The lowest BCUT2D eigenvalue weighted by Crippen LogP contribution is -2.14. The van der Waals surface area contributed by atoms with Crippen LogP contribution in [0.1, 0.15) is 23.4 Å². The lowest BCUT2D eigenvalue weighted by molar-refractivity contribution is -0.116. The molecule has 0 bridgehead atoms. The van der Waals surface area contributed by atoms with Gasteiger partial charge in [0.25, 0.3) is 0 Å². The number of nitrogens with two attached hydrogens (primary N) is 1. The molecule has 136 valence electrons. The monoisotopic (exact) mass is 389 g/mol. The summed E-state index contributed by atoms with van der Waals surface area (Å²) < 4.78 is 23.3. The van der Waals surface area contributed by atoms with E-state index in [1.165, 1.54) is 0 Å². The van der Waals surface area contributed by atoms with Gasteiger partial charge in [0.1, 0.15) is 0 Å². The van der Waals surface area contributed by atoms with Gasteiger partial charge >= 0.3 is 0 Å². The summed E-state index contributed by atoms with van der Waals surface area (Å²) in [6.07, 6.45) is 1.88. The summed E-state index contributed by atoms with van der Waals surface area (Å²) in [6.45, 7) is 0. The third-order valence-corrected chi connectivity index (χ3v) is 5.57. The second kappa shape index (κ2) is 7.94. The number of carbonyl (C=O) groups is 1. The van der Waals surface area contributed by atoms with E-state index in [1.807, 2.05) is 24.3 Å². The normalized spacial score (nSPS) is 11.6. The highest BCUT2D eigenvalue weighted by atomic mass is 32.2. The van der Waals surface area contributed by atoms with Crippen LogP contribution in [0.2, 0.25) is 0 Å². The Kier molecular flexibility index (Phi) is 5.65. The van der Waals surface area contributed by atoms with E-state index in [2.05, 4.69) is 10.3 Å². The second-order valence-electron chi connectivity index (χ2n) is 5.98. The minimum atomic E-state index is -3.55. The van der Waals surface area contributed by atoms with Crippen LogP contribution in [0, 0.1) is 0 Å². The number of anilines is 1. The highest BCUT2D eigenvalue weighted by Gasteiger charge is 2.08. The number of nitrogens with zero attached hydrogens (tertiary/aromatic N) is 1. The Morgan fingerprint density at radius 1 is 1.12 bits per heavy atom. The molecule has 1 heterocycles. The van der Waals surface area contributed by atoms with Gasteiger partial charge in [0.05, 0.1) is 21.0 Å². The Bertz CT molecular complexity index is 979. The smallest absolute Gasteiger partial charge is 0.224 e. The fraction of sp³-hybridized carbons (Fsp3) is 0.222. The average Bonchev–Trinajstić information content (AvgIpc) is 2.98. The molecule has 3 rings (SSSR count). The van der Waals surface area contributed by atoms with Gasteiger partial charge in [-0.05, 0) is 42.7 Å². The zero-order valence-corrected chi connectivity index (χ0v) is 15.6. The van der Waals surface area contributed by atoms with Crippen molar-refractivity contribution in [1.82, 2.24) is 4.98 Å². The van der Waals surface area contributed by atoms with E-state index in [9.17, 15) is 13.2 Å². The first-order chi connectivity index (χ1) is 12.4. The van der Waals surface area contributed by atoms with Crippen molar-refractivity contribution in [3.63, 3.8) is 0 Å². The molecule has 6 nitrogen and oxygen atoms in total. The summed E-state index contributed by atoms with van der Waals surface area (Å²) in [6, 6.07) is 14.6. The van der Waals surface area contributed by atoms with Gasteiger partial charge in [-0.3, -0.25) is 4.79 Å². The molecule has 1 aromatic heterocycles. The quantitative estimate of drug-likeness (QED) is 0.648. The Labute approximate surface area is 156 Å². The SMILES string of the molecule is NS(=O)(=O)Cc1ccc(NC(=O)CCCc2nc3ccccc3s2)cc1. The summed E-state index contributed by atoms with van der Waals surface area (Å²) >= 11 is 1.66. The van der Waals surface area contributed by atoms with Gasteiger partial charge in [-0.25, -0.2) is 18.5 Å². The minimum Gasteiger partial charge on any atom is -0.326 e. The number of para-hydroxylation sites is 1. The number of fused-ring (bicyclic) bond motifs is 1. The molecule has 0 spiro atoms. The molecule has 3 N–H and O–H groups in total. The van der Waals surface area contributed by atoms with Crippen molar-refractivity contribution in [3.8, 4) is 0 Å². The lowest BCUT2D eigenvalue weighted by Gasteiger charge is -2.06. The maximum atomic E-state index is 12.0. The number of aromatic nitrogens is 1. The first-order valence-electron chi connectivity index (χ1n) is 8.13. The molecule has 0 aliphatic rings. The summed E-state index contributed by atoms with van der Waals surface area (Å²) in [5.74, 6) is -0.297. The summed E-state index contributed by atoms with van der Waals surface area (Å²) in [4.78, 5) is 16.6. The number of thiazole rings is 1. The number of hydrogen-bond donors (Lipinski definition) is 2. The number of carbonyl (C=O) groups excluding carboxylic acids is 1. The fourth-order valence-electron chi connectivity index (χ4n) is 2.57. The van der Waals surface area contributed by atoms with Crippen molar-refractivity contribution in [2.75, 3.05) is 5.32 Å². The van der Waals surface area contributed by atoms with E-state index >= 15 is 0 Å². The largest absolute Gasteiger partial charge is 0.326 e. The van der Waals surface area contributed by atoms with Crippen molar-refractivity contribution in [2.45, 2.75) is 25.0 Å². The molecular formula is C18H19N3O3S2. The summed E-state index contributed by atoms with van der Waals surface area (Å²) in [5, 5.41) is 8.85. The third-order valence-electron chi connectivity index (χ3n) is 3.74. The topological polar surface area (TPSA) is 102 Å². The van der Waals surface area contributed by atoms with Crippen LogP contribution in [0.3, 0.4) is 0 Å². The van der Waals surface area contributed by atoms with E-state index in [1.54, 1.807) is 35.6 Å². The molecule has 0 atom stereocenters. The molecule has 0 unspecified atom stereocenters. The Hall–Kier alpha value is -2.29. The minimum absolute atomic E-state index is 0.0784. The van der Waals surface area contributed by atoms with Gasteiger partial charge in [0, 0.05) is 12.1 Å². The molecule has 2 aromatic carbocycles. The number of benzene rings is 2. The average molecular weight is 390 g/mol. The molecule has 0 aliphatic carbocycles. The Morgan fingerprint density at radius 2 is 1.85 bits per heavy atom. The van der Waals surface area contributed by atoms with Crippen LogP contribution < -0.4 is 10.5 Å². The van der Waals surface area contributed by atoms with Crippen molar-refractivity contribution in [3.05, 3.63) is 59.1 Å². The Morgan fingerprint density at radius 3 is 2.54 bits per heavy atom. The van der Waals surface area contributed by atoms with Crippen LogP contribution in [-0.2, 0) is 27.0 Å². The molecule has 0 radical (unpaired) electrons. The zero-order chi connectivity index (χ0) is 18.6. The van der Waals surface area contributed by atoms with E-state index in [-0.39, 0.29) is 11.7 Å². The standard InChI is InChI=1S/C18H19N3O3S2/c19-26(23,24)12-13-8-10-14(11-9-13)20-17(22)6-3-7-18-21-15-4-1-2-5-16(15)25-18/h1-2,4-5,8-11H,3,6-7,12H2,(H,20,22)(H2,19,23,24). The van der Waals surface area contributed by atoms with Gasteiger partial charge in [-0.1, -0.05) is 24.3 Å². The fourth-order valence-corrected chi connectivity index (χ4v) is 4.23. The van der Waals surface area contributed by atoms with Crippen molar-refractivity contribution in [1.29, 1.82) is 0 Å². The van der Waals surface area contributed by atoms with Gasteiger partial charge in [0.2, 0.25) is 15.9 Å². The van der Waals surface area contributed by atoms with Crippen LogP contribution in [0.4, 0.5) is 5.69 Å². The van der Waals surface area contributed by atoms with Crippen LogP contribution in [0.15, 0.2) is 48.5 Å². The summed E-state index contributed by atoms with van der Waals surface area (Å²) in [7, 11) is -3.55. The maximum Gasteiger partial charge on any atom is 0.224 e. The Balaban J connectivity index is 1.48. The number of hydrogen-bond acceptors (Lipinski definition) is 5. The number of amides is 1. The second-order valence-corrected chi connectivity index (χ2v) is 8.71. The molecule has 1 amide bonds. The van der Waals surface area contributed by atoms with Crippen LogP contribution >= 0.6 is 11.3 Å². The lowest BCUT2D eigenvalue weighted by atomic mass is 10.2.